The van der Waals surface area contributed by atoms with Crippen LogP contribution in [0.3, 0.4) is 0 Å². The fraction of sp³-hybridized carbons (Fsp3) is 0.238. The van der Waals surface area contributed by atoms with Gasteiger partial charge in [0.2, 0.25) is 0 Å². The highest BCUT2D eigenvalue weighted by molar-refractivity contribution is 5.97. The SMILES string of the molecule is O=C(NC1CCCC1)c1cc2ccccc2c(=O)n1-c1ccc(F)cc1. The molecule has 0 saturated heterocycles. The van der Waals surface area contributed by atoms with E-state index in [9.17, 15) is 14.0 Å². The third-order valence-electron chi connectivity index (χ3n) is 4.94. The first kappa shape index (κ1) is 16.5. The second-order valence-corrected chi connectivity index (χ2v) is 6.69. The topological polar surface area (TPSA) is 51.1 Å². The van der Waals surface area contributed by atoms with Gasteiger partial charge in [0.25, 0.3) is 11.5 Å². The highest BCUT2D eigenvalue weighted by Crippen LogP contribution is 2.20. The summed E-state index contributed by atoms with van der Waals surface area (Å²) in [4.78, 5) is 26.0. The molecule has 1 saturated carbocycles. The molecule has 1 amide bonds. The van der Waals surface area contributed by atoms with Crippen LogP contribution in [0.15, 0.2) is 59.4 Å². The zero-order valence-corrected chi connectivity index (χ0v) is 14.2. The Hall–Kier alpha value is -2.95. The normalized spacial score (nSPS) is 14.7. The van der Waals surface area contributed by atoms with Crippen LogP contribution in [0, 0.1) is 5.82 Å². The van der Waals surface area contributed by atoms with Gasteiger partial charge in [-0.25, -0.2) is 4.39 Å². The minimum Gasteiger partial charge on any atom is -0.348 e. The molecule has 1 N–H and O–H groups in total. The lowest BCUT2D eigenvalue weighted by Crippen LogP contribution is -2.36. The molecule has 4 nitrogen and oxygen atoms in total. The first-order valence-corrected chi connectivity index (χ1v) is 8.85. The van der Waals surface area contributed by atoms with Crippen molar-refractivity contribution in [3.05, 3.63) is 76.5 Å². The summed E-state index contributed by atoms with van der Waals surface area (Å²) in [5.41, 5.74) is 0.456. The number of pyridine rings is 1. The summed E-state index contributed by atoms with van der Waals surface area (Å²) >= 11 is 0. The Morgan fingerprint density at radius 2 is 1.73 bits per heavy atom. The molecule has 1 heterocycles. The van der Waals surface area contributed by atoms with Gasteiger partial charge >= 0.3 is 0 Å². The molecule has 1 aliphatic rings. The van der Waals surface area contributed by atoms with Crippen molar-refractivity contribution in [3.8, 4) is 5.69 Å². The third-order valence-corrected chi connectivity index (χ3v) is 4.94. The van der Waals surface area contributed by atoms with Crippen molar-refractivity contribution in [3.63, 3.8) is 0 Å². The van der Waals surface area contributed by atoms with Crippen molar-refractivity contribution >= 4 is 16.7 Å². The summed E-state index contributed by atoms with van der Waals surface area (Å²) in [5.74, 6) is -0.663. The second-order valence-electron chi connectivity index (χ2n) is 6.69. The van der Waals surface area contributed by atoms with Crippen LogP contribution in [-0.4, -0.2) is 16.5 Å². The highest BCUT2D eigenvalue weighted by atomic mass is 19.1. The van der Waals surface area contributed by atoms with E-state index < -0.39 is 0 Å². The van der Waals surface area contributed by atoms with Gasteiger partial charge in [0.1, 0.15) is 11.5 Å². The average Bonchev–Trinajstić information content (AvgIpc) is 3.16. The molecular weight excluding hydrogens is 331 g/mol. The van der Waals surface area contributed by atoms with Crippen LogP contribution in [0.4, 0.5) is 4.39 Å². The maximum absolute atomic E-state index is 13.3. The zero-order valence-electron chi connectivity index (χ0n) is 14.2. The van der Waals surface area contributed by atoms with Crippen molar-refractivity contribution in [2.45, 2.75) is 31.7 Å². The summed E-state index contributed by atoms with van der Waals surface area (Å²) in [6.45, 7) is 0. The summed E-state index contributed by atoms with van der Waals surface area (Å²) in [6.07, 6.45) is 4.13. The molecule has 1 aromatic heterocycles. The van der Waals surface area contributed by atoms with Crippen molar-refractivity contribution in [2.24, 2.45) is 0 Å². The van der Waals surface area contributed by atoms with Gasteiger partial charge in [-0.2, -0.15) is 0 Å². The molecule has 5 heteroatoms. The van der Waals surface area contributed by atoms with E-state index in [4.69, 9.17) is 0 Å². The number of nitrogens with zero attached hydrogens (tertiary/aromatic N) is 1. The fourth-order valence-corrected chi connectivity index (χ4v) is 3.60. The molecule has 3 aromatic rings. The Bertz CT molecular complexity index is 1020. The van der Waals surface area contributed by atoms with E-state index in [0.29, 0.717) is 16.5 Å². The molecule has 2 aromatic carbocycles. The zero-order chi connectivity index (χ0) is 18.1. The monoisotopic (exact) mass is 350 g/mol. The lowest BCUT2D eigenvalue weighted by Gasteiger charge is -2.17. The van der Waals surface area contributed by atoms with Gasteiger partial charge in [-0.15, -0.1) is 0 Å². The number of halogens is 1. The quantitative estimate of drug-likeness (QED) is 0.781. The molecule has 0 unspecified atom stereocenters. The molecule has 0 bridgehead atoms. The lowest BCUT2D eigenvalue weighted by molar-refractivity contribution is 0.0930. The molecule has 0 spiro atoms. The number of nitrogens with one attached hydrogen (secondary N) is 1. The molecule has 0 radical (unpaired) electrons. The molecule has 1 fully saturated rings. The van der Waals surface area contributed by atoms with E-state index in [1.54, 1.807) is 18.2 Å². The summed E-state index contributed by atoms with van der Waals surface area (Å²) in [5, 5.41) is 4.27. The van der Waals surface area contributed by atoms with E-state index in [1.807, 2.05) is 12.1 Å². The van der Waals surface area contributed by atoms with E-state index in [2.05, 4.69) is 5.32 Å². The summed E-state index contributed by atoms with van der Waals surface area (Å²) < 4.78 is 14.7. The van der Waals surface area contributed by atoms with Crippen LogP contribution >= 0.6 is 0 Å². The standard InChI is InChI=1S/C21H19FN2O2/c22-15-9-11-17(12-10-15)24-19(20(25)23-16-6-2-3-7-16)13-14-5-1-4-8-18(14)21(24)26/h1,4-5,8-13,16H,2-3,6-7H2,(H,23,25). The molecule has 132 valence electrons. The Morgan fingerprint density at radius 1 is 1.04 bits per heavy atom. The van der Waals surface area contributed by atoms with Crippen molar-refractivity contribution in [1.82, 2.24) is 9.88 Å². The van der Waals surface area contributed by atoms with Gasteiger partial charge in [-0.1, -0.05) is 31.0 Å². The van der Waals surface area contributed by atoms with Gasteiger partial charge in [-0.3, -0.25) is 14.2 Å². The van der Waals surface area contributed by atoms with E-state index in [-0.39, 0.29) is 29.0 Å². The van der Waals surface area contributed by atoms with Crippen LogP contribution in [-0.2, 0) is 0 Å². The van der Waals surface area contributed by atoms with Gasteiger partial charge in [0, 0.05) is 17.1 Å². The van der Waals surface area contributed by atoms with E-state index >= 15 is 0 Å². The second kappa shape index (κ2) is 6.75. The number of benzene rings is 2. The number of hydrogen-bond acceptors (Lipinski definition) is 2. The smallest absolute Gasteiger partial charge is 0.268 e. The number of rotatable bonds is 3. The Labute approximate surface area is 150 Å². The first-order valence-electron chi connectivity index (χ1n) is 8.85. The molecule has 1 aliphatic carbocycles. The number of aromatic nitrogens is 1. The number of fused-ring (bicyclic) bond motifs is 1. The number of hydrogen-bond donors (Lipinski definition) is 1. The highest BCUT2D eigenvalue weighted by Gasteiger charge is 2.22. The molecule has 0 atom stereocenters. The van der Waals surface area contributed by atoms with Crippen LogP contribution in [0.1, 0.15) is 36.2 Å². The average molecular weight is 350 g/mol. The van der Waals surface area contributed by atoms with Gasteiger partial charge < -0.3 is 5.32 Å². The van der Waals surface area contributed by atoms with Gasteiger partial charge in [0.05, 0.1) is 0 Å². The van der Waals surface area contributed by atoms with Crippen molar-refractivity contribution < 1.29 is 9.18 Å². The van der Waals surface area contributed by atoms with E-state index in [0.717, 1.165) is 25.7 Å². The van der Waals surface area contributed by atoms with Gasteiger partial charge in [0.15, 0.2) is 0 Å². The van der Waals surface area contributed by atoms with Crippen molar-refractivity contribution in [1.29, 1.82) is 0 Å². The Kier molecular flexibility index (Phi) is 4.29. The predicted octanol–water partition coefficient (Wildman–Crippen LogP) is 3.80. The van der Waals surface area contributed by atoms with Crippen LogP contribution < -0.4 is 10.9 Å². The van der Waals surface area contributed by atoms with Gasteiger partial charge in [-0.05, 0) is 54.6 Å². The molecule has 26 heavy (non-hydrogen) atoms. The van der Waals surface area contributed by atoms with Crippen LogP contribution in [0.5, 0.6) is 0 Å². The predicted molar refractivity (Wildman–Crippen MR) is 99.2 cm³/mol. The number of amides is 1. The lowest BCUT2D eigenvalue weighted by atomic mass is 10.1. The third kappa shape index (κ3) is 3.01. The van der Waals surface area contributed by atoms with E-state index in [1.165, 1.54) is 28.8 Å². The number of carbonyl (C=O) groups excluding carboxylic acids is 1. The maximum atomic E-state index is 13.3. The van der Waals surface area contributed by atoms with Crippen LogP contribution in [0.25, 0.3) is 16.5 Å². The largest absolute Gasteiger partial charge is 0.348 e. The minimum absolute atomic E-state index is 0.144. The number of carbonyl (C=O) groups is 1. The molecular formula is C21H19FN2O2. The summed E-state index contributed by atoms with van der Waals surface area (Å²) in [7, 11) is 0. The Balaban J connectivity index is 1.88. The summed E-state index contributed by atoms with van der Waals surface area (Å²) in [6, 6.07) is 14.6. The van der Waals surface area contributed by atoms with Crippen LogP contribution in [0.2, 0.25) is 0 Å². The van der Waals surface area contributed by atoms with Crippen molar-refractivity contribution in [2.75, 3.05) is 0 Å². The fourth-order valence-electron chi connectivity index (χ4n) is 3.60. The maximum Gasteiger partial charge on any atom is 0.268 e. The minimum atomic E-state index is -0.389. The first-order chi connectivity index (χ1) is 12.6. The molecule has 4 rings (SSSR count). The molecule has 0 aliphatic heterocycles. The Morgan fingerprint density at radius 3 is 2.46 bits per heavy atom.